The number of anilines is 1. The van der Waals surface area contributed by atoms with Gasteiger partial charge in [0.05, 0.1) is 12.3 Å². The molecule has 30 heavy (non-hydrogen) atoms. The molecule has 0 unspecified atom stereocenters. The first-order valence-electron chi connectivity index (χ1n) is 10.2. The van der Waals surface area contributed by atoms with Crippen LogP contribution in [0.25, 0.3) is 0 Å². The largest absolute Gasteiger partial charge is 0.450 e. The Morgan fingerprint density at radius 2 is 2.00 bits per heavy atom. The van der Waals surface area contributed by atoms with Crippen molar-refractivity contribution in [1.82, 2.24) is 9.88 Å². The third kappa shape index (κ3) is 7.53. The highest BCUT2D eigenvalue weighted by atomic mass is 16.6. The highest BCUT2D eigenvalue weighted by Gasteiger charge is 2.29. The first-order chi connectivity index (χ1) is 14.2. The number of nitrogens with one attached hydrogen (secondary N) is 1. The number of pyridine rings is 1. The molecule has 0 aliphatic carbocycles. The van der Waals surface area contributed by atoms with Crippen molar-refractivity contribution in [3.63, 3.8) is 0 Å². The van der Waals surface area contributed by atoms with Crippen LogP contribution in [0.1, 0.15) is 46.1 Å². The molecule has 0 radical (unpaired) electrons. The first kappa shape index (κ1) is 23.4. The van der Waals surface area contributed by atoms with E-state index >= 15 is 0 Å². The van der Waals surface area contributed by atoms with Crippen LogP contribution in [0.5, 0.6) is 0 Å². The summed E-state index contributed by atoms with van der Waals surface area (Å²) in [7, 11) is 1.52. The summed E-state index contributed by atoms with van der Waals surface area (Å²) in [4.78, 5) is 34.8. The molecule has 1 aromatic heterocycles. The van der Waals surface area contributed by atoms with Crippen LogP contribution in [0, 0.1) is 5.92 Å². The molecule has 0 bridgehead atoms. The van der Waals surface area contributed by atoms with Gasteiger partial charge in [0.1, 0.15) is 18.5 Å². The summed E-state index contributed by atoms with van der Waals surface area (Å²) in [5, 5.41) is 6.85. The summed E-state index contributed by atoms with van der Waals surface area (Å²) in [6, 6.07) is 3.66. The van der Waals surface area contributed by atoms with Gasteiger partial charge in [0.15, 0.2) is 0 Å². The maximum Gasteiger partial charge on any atom is 0.412 e. The predicted octanol–water partition coefficient (Wildman–Crippen LogP) is 3.84. The number of piperidine rings is 1. The van der Waals surface area contributed by atoms with Crippen molar-refractivity contribution in [1.29, 1.82) is 0 Å². The summed E-state index contributed by atoms with van der Waals surface area (Å²) in [5.41, 5.74) is 1.34. The van der Waals surface area contributed by atoms with Gasteiger partial charge in [-0.1, -0.05) is 5.16 Å². The fourth-order valence-corrected chi connectivity index (χ4v) is 3.22. The van der Waals surface area contributed by atoms with E-state index in [0.717, 1.165) is 24.1 Å². The third-order valence-corrected chi connectivity index (χ3v) is 4.54. The standard InChI is InChI=1S/C21H32N4O5/c1-6-29-19(26)23-18-14-15(7-10-22-18)13-17(24-28-5)16-8-11-25(12-9-16)20(27)30-21(2,3)4/h7,10,14,16H,6,8-9,11-13H2,1-5H3,(H,22,23,26). The first-order valence-corrected chi connectivity index (χ1v) is 10.2. The lowest BCUT2D eigenvalue weighted by molar-refractivity contribution is 0.0200. The molecule has 9 heteroatoms. The van der Waals surface area contributed by atoms with Crippen molar-refractivity contribution in [2.75, 3.05) is 32.1 Å². The van der Waals surface area contributed by atoms with E-state index in [-0.39, 0.29) is 18.6 Å². The minimum Gasteiger partial charge on any atom is -0.450 e. The van der Waals surface area contributed by atoms with E-state index in [1.807, 2.05) is 26.8 Å². The molecular formula is C21H32N4O5. The fraction of sp³-hybridized carbons (Fsp3) is 0.619. The molecule has 1 saturated heterocycles. The second-order valence-corrected chi connectivity index (χ2v) is 8.08. The quantitative estimate of drug-likeness (QED) is 0.554. The Morgan fingerprint density at radius 3 is 2.60 bits per heavy atom. The van der Waals surface area contributed by atoms with Crippen LogP contribution in [0.2, 0.25) is 0 Å². The molecule has 2 amide bonds. The van der Waals surface area contributed by atoms with Crippen molar-refractivity contribution in [2.24, 2.45) is 11.1 Å². The van der Waals surface area contributed by atoms with Gasteiger partial charge in [0.25, 0.3) is 0 Å². The molecule has 1 N–H and O–H groups in total. The minimum atomic E-state index is -0.539. The number of carbonyl (C=O) groups excluding carboxylic acids is 2. The Kier molecular flexibility index (Phi) is 8.44. The summed E-state index contributed by atoms with van der Waals surface area (Å²) in [6.45, 7) is 8.83. The molecule has 1 aliphatic heterocycles. The van der Waals surface area contributed by atoms with E-state index in [0.29, 0.717) is 25.3 Å². The van der Waals surface area contributed by atoms with Gasteiger partial charge in [-0.15, -0.1) is 0 Å². The van der Waals surface area contributed by atoms with E-state index in [9.17, 15) is 9.59 Å². The molecule has 2 rings (SSSR count). The van der Waals surface area contributed by atoms with Gasteiger partial charge in [-0.05, 0) is 58.2 Å². The maximum absolute atomic E-state index is 12.3. The number of carbonyl (C=O) groups is 2. The average Bonchev–Trinajstić information content (AvgIpc) is 2.67. The topological polar surface area (TPSA) is 102 Å². The number of nitrogens with zero attached hydrogens (tertiary/aromatic N) is 3. The van der Waals surface area contributed by atoms with Gasteiger partial charge >= 0.3 is 12.2 Å². The minimum absolute atomic E-state index is 0.193. The highest BCUT2D eigenvalue weighted by molar-refractivity contribution is 5.89. The van der Waals surface area contributed by atoms with Gasteiger partial charge in [0.2, 0.25) is 0 Å². The zero-order valence-corrected chi connectivity index (χ0v) is 18.4. The normalized spacial score (nSPS) is 15.5. The average molecular weight is 421 g/mol. The summed E-state index contributed by atoms with van der Waals surface area (Å²) in [6.07, 6.45) is 2.93. The van der Waals surface area contributed by atoms with Gasteiger partial charge in [-0.2, -0.15) is 0 Å². The summed E-state index contributed by atoms with van der Waals surface area (Å²) in [5.74, 6) is 0.612. The van der Waals surface area contributed by atoms with E-state index in [1.54, 1.807) is 24.1 Å². The van der Waals surface area contributed by atoms with E-state index < -0.39 is 11.7 Å². The van der Waals surface area contributed by atoms with E-state index in [1.165, 1.54) is 7.11 Å². The number of likely N-dealkylation sites (tertiary alicyclic amines) is 1. The van der Waals surface area contributed by atoms with Crippen LogP contribution in [-0.2, 0) is 20.7 Å². The second kappa shape index (κ2) is 10.8. The Labute approximate surface area is 177 Å². The molecule has 0 saturated carbocycles. The molecule has 0 spiro atoms. The molecule has 166 valence electrons. The zero-order chi connectivity index (χ0) is 22.1. The Bertz CT molecular complexity index is 752. The van der Waals surface area contributed by atoms with E-state index in [4.69, 9.17) is 14.3 Å². The van der Waals surface area contributed by atoms with Crippen LogP contribution in [-0.4, -0.2) is 60.2 Å². The van der Waals surface area contributed by atoms with Gasteiger partial charge < -0.3 is 19.2 Å². The molecule has 0 aromatic carbocycles. The molecule has 1 aliphatic rings. The fourth-order valence-electron chi connectivity index (χ4n) is 3.22. The van der Waals surface area contributed by atoms with Gasteiger partial charge in [-0.3, -0.25) is 5.32 Å². The van der Waals surface area contributed by atoms with E-state index in [2.05, 4.69) is 15.5 Å². The summed E-state index contributed by atoms with van der Waals surface area (Å²) >= 11 is 0. The van der Waals surface area contributed by atoms with Crippen molar-refractivity contribution >= 4 is 23.7 Å². The highest BCUT2D eigenvalue weighted by Crippen LogP contribution is 2.23. The maximum atomic E-state index is 12.3. The van der Waals surface area contributed by atoms with Crippen molar-refractivity contribution in [2.45, 2.75) is 52.6 Å². The van der Waals surface area contributed by atoms with Crippen LogP contribution < -0.4 is 5.32 Å². The Hall–Kier alpha value is -2.84. The number of hydrogen-bond acceptors (Lipinski definition) is 7. The molecule has 1 fully saturated rings. The molecule has 1 aromatic rings. The van der Waals surface area contributed by atoms with Gasteiger partial charge in [0, 0.05) is 31.6 Å². The second-order valence-electron chi connectivity index (χ2n) is 8.08. The molecule has 2 heterocycles. The lowest BCUT2D eigenvalue weighted by Gasteiger charge is -2.33. The number of ether oxygens (including phenoxy) is 2. The van der Waals surface area contributed by atoms with Crippen LogP contribution >= 0.6 is 0 Å². The van der Waals surface area contributed by atoms with Crippen molar-refractivity contribution in [3.05, 3.63) is 23.9 Å². The Balaban J connectivity index is 1.98. The van der Waals surface area contributed by atoms with Crippen molar-refractivity contribution < 1.29 is 23.9 Å². The Morgan fingerprint density at radius 1 is 1.30 bits per heavy atom. The van der Waals surface area contributed by atoms with Crippen molar-refractivity contribution in [3.8, 4) is 0 Å². The number of aromatic nitrogens is 1. The molecule has 0 atom stereocenters. The molecular weight excluding hydrogens is 388 g/mol. The van der Waals surface area contributed by atoms with Crippen LogP contribution in [0.3, 0.4) is 0 Å². The van der Waals surface area contributed by atoms with Crippen LogP contribution in [0.4, 0.5) is 15.4 Å². The number of amides is 2. The lowest BCUT2D eigenvalue weighted by atomic mass is 9.89. The monoisotopic (exact) mass is 420 g/mol. The smallest absolute Gasteiger partial charge is 0.412 e. The third-order valence-electron chi connectivity index (χ3n) is 4.54. The summed E-state index contributed by atoms with van der Waals surface area (Å²) < 4.78 is 10.3. The predicted molar refractivity (Wildman–Crippen MR) is 114 cm³/mol. The number of rotatable bonds is 6. The molecule has 9 nitrogen and oxygen atoms in total. The SMILES string of the molecule is CCOC(=O)Nc1cc(CC(=NOC)C2CCN(C(=O)OC(C)(C)C)CC2)ccn1. The lowest BCUT2D eigenvalue weighted by Crippen LogP contribution is -2.43. The zero-order valence-electron chi connectivity index (χ0n) is 18.4. The number of hydrogen-bond donors (Lipinski definition) is 1. The number of oxime groups is 1. The van der Waals surface area contributed by atoms with Gasteiger partial charge in [-0.25, -0.2) is 14.6 Å². The van der Waals surface area contributed by atoms with Crippen LogP contribution in [0.15, 0.2) is 23.5 Å².